The van der Waals surface area contributed by atoms with E-state index < -0.39 is 12.7 Å². The van der Waals surface area contributed by atoms with Crippen LogP contribution in [0.3, 0.4) is 0 Å². The van der Waals surface area contributed by atoms with Gasteiger partial charge in [-0.05, 0) is 25.0 Å². The summed E-state index contributed by atoms with van der Waals surface area (Å²) < 4.78 is 37.6. The average Bonchev–Trinajstić information content (AvgIpc) is 3.18. The Morgan fingerprint density at radius 3 is 2.53 bits per heavy atom. The summed E-state index contributed by atoms with van der Waals surface area (Å²) in [5.41, 5.74) is 0.724. The zero-order valence-corrected chi connectivity index (χ0v) is 10.6. The lowest BCUT2D eigenvalue weighted by Crippen LogP contribution is -2.36. The Kier molecular flexibility index (Phi) is 3.78. The van der Waals surface area contributed by atoms with Crippen molar-refractivity contribution in [3.8, 4) is 0 Å². The number of hydrogen-bond donors (Lipinski definition) is 0. The lowest BCUT2D eigenvalue weighted by molar-refractivity contribution is -0.120. The molecule has 1 heterocycles. The van der Waals surface area contributed by atoms with E-state index in [1.165, 1.54) is 17.2 Å². The number of halogens is 3. The van der Waals surface area contributed by atoms with E-state index in [-0.39, 0.29) is 11.8 Å². The van der Waals surface area contributed by atoms with Crippen molar-refractivity contribution in [2.75, 3.05) is 11.4 Å². The molecule has 0 radical (unpaired) electrons. The number of alkyl halides is 3. The molecule has 0 spiro atoms. The zero-order valence-electron chi connectivity index (χ0n) is 10.6. The first kappa shape index (κ1) is 13.8. The summed E-state index contributed by atoms with van der Waals surface area (Å²) in [6, 6.07) is 2.98. The van der Waals surface area contributed by atoms with Crippen molar-refractivity contribution < 1.29 is 18.0 Å². The number of hydrogen-bond acceptors (Lipinski definition) is 3. The molecule has 1 saturated carbocycles. The molecule has 0 aromatic carbocycles. The topological polar surface area (TPSA) is 33.2 Å². The number of rotatable bonds is 5. The van der Waals surface area contributed by atoms with Gasteiger partial charge in [-0.2, -0.15) is 13.2 Å². The van der Waals surface area contributed by atoms with Crippen LogP contribution in [0.4, 0.5) is 18.9 Å². The van der Waals surface area contributed by atoms with Gasteiger partial charge in [0.25, 0.3) is 0 Å². The monoisotopic (exact) mass is 272 g/mol. The molecule has 0 saturated heterocycles. The van der Waals surface area contributed by atoms with Crippen molar-refractivity contribution in [2.24, 2.45) is 0 Å². The summed E-state index contributed by atoms with van der Waals surface area (Å²) in [5.74, 6) is -0.111. The third-order valence-corrected chi connectivity index (χ3v) is 3.02. The highest BCUT2D eigenvalue weighted by atomic mass is 19.4. The summed E-state index contributed by atoms with van der Waals surface area (Å²) in [6.07, 6.45) is -1.01. The molecule has 1 aliphatic carbocycles. The molecule has 19 heavy (non-hydrogen) atoms. The van der Waals surface area contributed by atoms with Gasteiger partial charge in [0.2, 0.25) is 0 Å². The number of Topliss-reactive ketones (excluding diaryl/α,β-unsaturated/α-hetero) is 1. The van der Waals surface area contributed by atoms with Crippen LogP contribution in [0, 0.1) is 0 Å². The largest absolute Gasteiger partial charge is 0.405 e. The molecule has 0 atom stereocenters. The highest BCUT2D eigenvalue weighted by Gasteiger charge is 2.38. The van der Waals surface area contributed by atoms with Crippen LogP contribution in [0.1, 0.15) is 36.7 Å². The van der Waals surface area contributed by atoms with Gasteiger partial charge < -0.3 is 4.90 Å². The Hall–Kier alpha value is -1.59. The van der Waals surface area contributed by atoms with Gasteiger partial charge in [-0.1, -0.05) is 6.92 Å². The molecular formula is C13H15F3N2O. The Labute approximate surface area is 109 Å². The first-order chi connectivity index (χ1) is 8.90. The van der Waals surface area contributed by atoms with Crippen LogP contribution in [0.25, 0.3) is 0 Å². The summed E-state index contributed by atoms with van der Waals surface area (Å²) >= 11 is 0. The van der Waals surface area contributed by atoms with Crippen molar-refractivity contribution in [1.82, 2.24) is 4.98 Å². The van der Waals surface area contributed by atoms with Crippen LogP contribution in [-0.4, -0.2) is 29.5 Å². The van der Waals surface area contributed by atoms with Crippen LogP contribution in [-0.2, 0) is 0 Å². The van der Waals surface area contributed by atoms with E-state index in [9.17, 15) is 18.0 Å². The lowest BCUT2D eigenvalue weighted by atomic mass is 10.2. The quantitative estimate of drug-likeness (QED) is 0.772. The van der Waals surface area contributed by atoms with Gasteiger partial charge >= 0.3 is 6.18 Å². The van der Waals surface area contributed by atoms with Gasteiger partial charge in [0.15, 0.2) is 5.78 Å². The molecule has 2 rings (SSSR count). The van der Waals surface area contributed by atoms with Crippen LogP contribution < -0.4 is 4.90 Å². The second kappa shape index (κ2) is 5.19. The summed E-state index contributed by atoms with van der Waals surface area (Å²) in [5, 5.41) is 0. The first-order valence-corrected chi connectivity index (χ1v) is 6.23. The Bertz CT molecular complexity index is 452. The second-order valence-electron chi connectivity index (χ2n) is 4.65. The van der Waals surface area contributed by atoms with Crippen LogP contribution >= 0.6 is 0 Å². The molecule has 1 fully saturated rings. The number of carbonyl (C=O) groups is 1. The van der Waals surface area contributed by atoms with Gasteiger partial charge in [-0.15, -0.1) is 0 Å². The Balaban J connectivity index is 2.16. The summed E-state index contributed by atoms with van der Waals surface area (Å²) in [4.78, 5) is 16.7. The maximum Gasteiger partial charge on any atom is 0.405 e. The molecule has 6 heteroatoms. The standard InChI is InChI=1S/C13H15F3N2O/c1-2-12(19)11-6-5-10(7-17-11)18(9-3-4-9)8-13(14,15)16/h5-7,9H,2-4,8H2,1H3. The highest BCUT2D eigenvalue weighted by molar-refractivity contribution is 5.94. The summed E-state index contributed by atoms with van der Waals surface area (Å²) in [6.45, 7) is 0.749. The number of pyridine rings is 1. The van der Waals surface area contributed by atoms with Gasteiger partial charge in [0, 0.05) is 12.5 Å². The van der Waals surface area contributed by atoms with Crippen molar-refractivity contribution in [1.29, 1.82) is 0 Å². The lowest BCUT2D eigenvalue weighted by Gasteiger charge is -2.25. The van der Waals surface area contributed by atoms with E-state index in [0.29, 0.717) is 17.8 Å². The average molecular weight is 272 g/mol. The SMILES string of the molecule is CCC(=O)c1ccc(N(CC(F)(F)F)C2CC2)cn1. The predicted octanol–water partition coefficient (Wildman–Crippen LogP) is 3.21. The normalized spacial score (nSPS) is 15.4. The fraction of sp³-hybridized carbons (Fsp3) is 0.538. The molecule has 0 amide bonds. The van der Waals surface area contributed by atoms with E-state index in [0.717, 1.165) is 12.8 Å². The second-order valence-corrected chi connectivity index (χ2v) is 4.65. The number of carbonyl (C=O) groups excluding carboxylic acids is 1. The molecule has 104 valence electrons. The molecular weight excluding hydrogens is 257 g/mol. The molecule has 0 aliphatic heterocycles. The van der Waals surface area contributed by atoms with Gasteiger partial charge in [-0.3, -0.25) is 9.78 Å². The fourth-order valence-electron chi connectivity index (χ4n) is 1.91. The number of aromatic nitrogens is 1. The van der Waals surface area contributed by atoms with E-state index in [1.54, 1.807) is 13.0 Å². The summed E-state index contributed by atoms with van der Waals surface area (Å²) in [7, 11) is 0. The van der Waals surface area contributed by atoms with Crippen molar-refractivity contribution in [2.45, 2.75) is 38.4 Å². The number of nitrogens with zero attached hydrogens (tertiary/aromatic N) is 2. The molecule has 1 aliphatic rings. The Morgan fingerprint density at radius 2 is 2.11 bits per heavy atom. The smallest absolute Gasteiger partial charge is 0.358 e. The molecule has 3 nitrogen and oxygen atoms in total. The van der Waals surface area contributed by atoms with E-state index in [4.69, 9.17) is 0 Å². The van der Waals surface area contributed by atoms with E-state index in [2.05, 4.69) is 4.98 Å². The third-order valence-electron chi connectivity index (χ3n) is 3.02. The zero-order chi connectivity index (χ0) is 14.0. The van der Waals surface area contributed by atoms with Crippen LogP contribution in [0.5, 0.6) is 0 Å². The molecule has 0 N–H and O–H groups in total. The van der Waals surface area contributed by atoms with Crippen LogP contribution in [0.15, 0.2) is 18.3 Å². The minimum absolute atomic E-state index is 0.0591. The highest BCUT2D eigenvalue weighted by Crippen LogP contribution is 2.34. The van der Waals surface area contributed by atoms with E-state index in [1.807, 2.05) is 0 Å². The molecule has 0 bridgehead atoms. The van der Waals surface area contributed by atoms with E-state index >= 15 is 0 Å². The first-order valence-electron chi connectivity index (χ1n) is 6.23. The molecule has 1 aromatic heterocycles. The molecule has 1 aromatic rings. The number of anilines is 1. The maximum absolute atomic E-state index is 12.5. The minimum atomic E-state index is -4.24. The molecule has 0 unspecified atom stereocenters. The third kappa shape index (κ3) is 3.68. The predicted molar refractivity (Wildman–Crippen MR) is 65.3 cm³/mol. The maximum atomic E-state index is 12.5. The number of ketones is 1. The Morgan fingerprint density at radius 1 is 1.42 bits per heavy atom. The van der Waals surface area contributed by atoms with Crippen molar-refractivity contribution >= 4 is 11.5 Å². The van der Waals surface area contributed by atoms with Crippen molar-refractivity contribution in [3.63, 3.8) is 0 Å². The van der Waals surface area contributed by atoms with Gasteiger partial charge in [-0.25, -0.2) is 0 Å². The van der Waals surface area contributed by atoms with Crippen molar-refractivity contribution in [3.05, 3.63) is 24.0 Å². The van der Waals surface area contributed by atoms with Gasteiger partial charge in [0.1, 0.15) is 12.2 Å². The van der Waals surface area contributed by atoms with Crippen LogP contribution in [0.2, 0.25) is 0 Å². The minimum Gasteiger partial charge on any atom is -0.358 e. The van der Waals surface area contributed by atoms with Gasteiger partial charge in [0.05, 0.1) is 11.9 Å². The fourth-order valence-corrected chi connectivity index (χ4v) is 1.91.